The summed E-state index contributed by atoms with van der Waals surface area (Å²) in [7, 11) is 0. The Morgan fingerprint density at radius 1 is 1.00 bits per heavy atom. The van der Waals surface area contributed by atoms with Crippen LogP contribution in [0.15, 0.2) is 0 Å². The van der Waals surface area contributed by atoms with Crippen LogP contribution in [0.5, 0.6) is 0 Å². The van der Waals surface area contributed by atoms with Gasteiger partial charge in [-0.25, -0.2) is 0 Å². The summed E-state index contributed by atoms with van der Waals surface area (Å²) in [4.78, 5) is 21.4. The molecular weight excluding hydrogens is 434 g/mol. The van der Waals surface area contributed by atoms with E-state index < -0.39 is 20.8 Å². The number of carboxylic acids is 2. The van der Waals surface area contributed by atoms with E-state index in [1.165, 1.54) is 0 Å². The van der Waals surface area contributed by atoms with Gasteiger partial charge in [0.15, 0.2) is 0 Å². The number of nitrogens with two attached hydrogens (primary N) is 2. The van der Waals surface area contributed by atoms with Crippen LogP contribution in [0.1, 0.15) is 0 Å². The average Bonchev–Trinajstić information content (AvgIpc) is 3.20. The third-order valence-electron chi connectivity index (χ3n) is 2.82. The summed E-state index contributed by atoms with van der Waals surface area (Å²) in [6.07, 6.45) is 3.94. The summed E-state index contributed by atoms with van der Waals surface area (Å²) in [6.45, 7) is 0. The second-order valence-electron chi connectivity index (χ2n) is 4.32. The Balaban J connectivity index is 0.000000200. The third kappa shape index (κ3) is 4.30. The van der Waals surface area contributed by atoms with Crippen LogP contribution in [0.4, 0.5) is 0 Å². The van der Waals surface area contributed by atoms with Crippen molar-refractivity contribution in [2.24, 2.45) is 11.5 Å². The van der Waals surface area contributed by atoms with E-state index in [-0.39, 0.29) is 39.5 Å². The Morgan fingerprint density at radius 2 is 1.30 bits per heavy atom. The number of thioether (sulfide) groups is 2. The van der Waals surface area contributed by atoms with Gasteiger partial charge >= 0.3 is 139 Å². The van der Waals surface area contributed by atoms with Crippen molar-refractivity contribution in [1.29, 1.82) is 0 Å². The summed E-state index contributed by atoms with van der Waals surface area (Å²) in [5.74, 6) is 0.129. The summed E-state index contributed by atoms with van der Waals surface area (Å²) in [5.41, 5.74) is 11.1. The molecule has 0 aromatic carbocycles. The van der Waals surface area contributed by atoms with Crippen molar-refractivity contribution in [1.82, 2.24) is 0 Å². The van der Waals surface area contributed by atoms with Crippen molar-refractivity contribution < 1.29 is 19.8 Å². The quantitative estimate of drug-likeness (QED) is 0.386. The van der Waals surface area contributed by atoms with E-state index in [4.69, 9.17) is 21.7 Å². The first-order chi connectivity index (χ1) is 9.22. The second-order valence-corrected chi connectivity index (χ2v) is 12.4. The molecule has 2 heterocycles. The van der Waals surface area contributed by atoms with Crippen molar-refractivity contribution in [2.75, 3.05) is 24.0 Å². The van der Waals surface area contributed by atoms with E-state index in [1.54, 1.807) is 23.5 Å². The minimum atomic E-state index is -0.827. The normalized spacial score (nSPS) is 37.6. The van der Waals surface area contributed by atoms with Crippen molar-refractivity contribution in [2.45, 2.75) is 18.5 Å². The van der Waals surface area contributed by atoms with Crippen LogP contribution in [-0.4, -0.2) is 85.0 Å². The summed E-state index contributed by atoms with van der Waals surface area (Å²) in [5, 5.41) is 17.2. The molecule has 2 aliphatic rings. The molecule has 0 saturated carbocycles. The molecule has 116 valence electrons. The Hall–Kier alpha value is 0.599. The molecular formula is C10H18N2O4S2Se2. The van der Waals surface area contributed by atoms with Gasteiger partial charge in [0.25, 0.3) is 0 Å². The third-order valence-corrected chi connectivity index (χ3v) is 11.1. The Labute approximate surface area is 138 Å². The number of rotatable bonds is 6. The zero-order valence-electron chi connectivity index (χ0n) is 11.1. The standard InChI is InChI=1S/2C5H9NO2SSe/c2*1-9-2-3-5(6,10-3)4(7)8/h2*3H,2,6H2,1H3,(H,7,8). The maximum absolute atomic E-state index is 10.4. The van der Waals surface area contributed by atoms with Crippen molar-refractivity contribution in [3.8, 4) is 0 Å². The van der Waals surface area contributed by atoms with Crippen LogP contribution in [0.3, 0.4) is 0 Å². The predicted octanol–water partition coefficient (Wildman–Crippen LogP) is -0.809. The zero-order chi connectivity index (χ0) is 15.6. The number of aliphatic carboxylic acids is 2. The van der Waals surface area contributed by atoms with Gasteiger partial charge < -0.3 is 0 Å². The first-order valence-electron chi connectivity index (χ1n) is 5.60. The van der Waals surface area contributed by atoms with Gasteiger partial charge in [-0.15, -0.1) is 0 Å². The maximum atomic E-state index is 10.4. The van der Waals surface area contributed by atoms with Gasteiger partial charge in [-0.1, -0.05) is 0 Å². The van der Waals surface area contributed by atoms with E-state index in [2.05, 4.69) is 0 Å². The van der Waals surface area contributed by atoms with Gasteiger partial charge in [-0.2, -0.15) is 0 Å². The monoisotopic (exact) mass is 454 g/mol. The van der Waals surface area contributed by atoms with Crippen LogP contribution in [0.25, 0.3) is 0 Å². The minimum absolute atomic E-state index is 0.127. The Kier molecular flexibility index (Phi) is 6.75. The number of hydrogen-bond acceptors (Lipinski definition) is 6. The van der Waals surface area contributed by atoms with Gasteiger partial charge in [-0.05, 0) is 0 Å². The molecule has 4 unspecified atom stereocenters. The molecule has 0 spiro atoms. The molecule has 6 N–H and O–H groups in total. The first-order valence-corrected chi connectivity index (χ1v) is 12.1. The SMILES string of the molecule is CSCC1[Se]C1(N)C(=O)O.CSCC1[Se]C1(N)C(=O)O. The molecule has 2 fully saturated rings. The van der Waals surface area contributed by atoms with Crippen LogP contribution >= 0.6 is 23.5 Å². The molecule has 2 rings (SSSR count). The van der Waals surface area contributed by atoms with Gasteiger partial charge in [0.1, 0.15) is 0 Å². The summed E-state index contributed by atoms with van der Waals surface area (Å²) >= 11 is 3.58. The van der Waals surface area contributed by atoms with Gasteiger partial charge in [0, 0.05) is 0 Å². The fraction of sp³-hybridized carbons (Fsp3) is 0.800. The van der Waals surface area contributed by atoms with E-state index >= 15 is 0 Å². The molecule has 6 nitrogen and oxygen atoms in total. The molecule has 0 radical (unpaired) electrons. The molecule has 10 heteroatoms. The summed E-state index contributed by atoms with van der Waals surface area (Å²) < 4.78 is -1.65. The van der Waals surface area contributed by atoms with E-state index in [1.807, 2.05) is 12.5 Å². The molecule has 0 bridgehead atoms. The molecule has 20 heavy (non-hydrogen) atoms. The van der Waals surface area contributed by atoms with Gasteiger partial charge in [0.2, 0.25) is 0 Å². The second kappa shape index (κ2) is 7.24. The topological polar surface area (TPSA) is 127 Å². The fourth-order valence-electron chi connectivity index (χ4n) is 1.40. The Bertz CT molecular complexity index is 367. The van der Waals surface area contributed by atoms with E-state index in [0.717, 1.165) is 11.5 Å². The molecule has 4 atom stereocenters. The molecule has 0 aliphatic carbocycles. The molecule has 0 aromatic rings. The fourth-order valence-corrected chi connectivity index (χ4v) is 8.60. The van der Waals surface area contributed by atoms with Crippen LogP contribution in [0, 0.1) is 0 Å². The van der Waals surface area contributed by atoms with E-state index in [9.17, 15) is 9.59 Å². The molecule has 0 aromatic heterocycles. The molecule has 0 amide bonds. The predicted molar refractivity (Wildman–Crippen MR) is 84.9 cm³/mol. The van der Waals surface area contributed by atoms with Gasteiger partial charge in [0.05, 0.1) is 0 Å². The first kappa shape index (κ1) is 18.6. The van der Waals surface area contributed by atoms with Crippen molar-refractivity contribution >= 4 is 65.4 Å². The van der Waals surface area contributed by atoms with Crippen molar-refractivity contribution in [3.63, 3.8) is 0 Å². The van der Waals surface area contributed by atoms with Crippen LogP contribution in [0.2, 0.25) is 9.63 Å². The Morgan fingerprint density at radius 3 is 1.45 bits per heavy atom. The molecule has 2 saturated heterocycles. The number of hydrogen-bond donors (Lipinski definition) is 4. The summed E-state index contributed by atoms with van der Waals surface area (Å²) in [6, 6.07) is 0. The number of carbonyl (C=O) groups is 2. The van der Waals surface area contributed by atoms with Gasteiger partial charge in [-0.3, -0.25) is 0 Å². The average molecular weight is 452 g/mol. The molecule has 2 aliphatic heterocycles. The van der Waals surface area contributed by atoms with Crippen molar-refractivity contribution in [3.05, 3.63) is 0 Å². The number of carboxylic acid groups (broad SMARTS) is 2. The van der Waals surface area contributed by atoms with E-state index in [0.29, 0.717) is 0 Å². The zero-order valence-corrected chi connectivity index (χ0v) is 16.1. The van der Waals surface area contributed by atoms with Crippen LogP contribution < -0.4 is 11.5 Å². The van der Waals surface area contributed by atoms with Crippen LogP contribution in [-0.2, 0) is 9.59 Å².